The second-order valence-electron chi connectivity index (χ2n) is 9.33. The van der Waals surface area contributed by atoms with Gasteiger partial charge in [0.15, 0.2) is 11.5 Å². The van der Waals surface area contributed by atoms with Crippen LogP contribution in [-0.2, 0) is 35.1 Å². The van der Waals surface area contributed by atoms with E-state index in [0.717, 1.165) is 12.8 Å². The van der Waals surface area contributed by atoms with Gasteiger partial charge in [0.2, 0.25) is 0 Å². The van der Waals surface area contributed by atoms with Crippen molar-refractivity contribution >= 4 is 23.9 Å². The first-order valence-electron chi connectivity index (χ1n) is 13.1. The van der Waals surface area contributed by atoms with Crippen LogP contribution >= 0.6 is 0 Å². The summed E-state index contributed by atoms with van der Waals surface area (Å²) in [7, 11) is 1.29. The van der Waals surface area contributed by atoms with Gasteiger partial charge in [0.25, 0.3) is 0 Å². The molecule has 0 spiro atoms. The third-order valence-corrected chi connectivity index (χ3v) is 6.10. The van der Waals surface area contributed by atoms with E-state index in [-0.39, 0.29) is 42.3 Å². The Morgan fingerprint density at radius 3 is 2.00 bits per heavy atom. The second-order valence-corrected chi connectivity index (χ2v) is 9.33. The van der Waals surface area contributed by atoms with Crippen LogP contribution in [0.5, 0.6) is 11.5 Å². The first kappa shape index (κ1) is 32.1. The van der Waals surface area contributed by atoms with Crippen molar-refractivity contribution in [3.05, 3.63) is 23.8 Å². The summed E-state index contributed by atoms with van der Waals surface area (Å²) in [5.41, 5.74) is 0.658. The molecule has 0 fully saturated rings. The summed E-state index contributed by atoms with van der Waals surface area (Å²) in [4.78, 5) is 49.2. The van der Waals surface area contributed by atoms with Gasteiger partial charge in [-0.1, -0.05) is 47.1 Å². The summed E-state index contributed by atoms with van der Waals surface area (Å²) < 4.78 is 21.4. The van der Waals surface area contributed by atoms with E-state index in [4.69, 9.17) is 18.9 Å². The Morgan fingerprint density at radius 2 is 1.46 bits per heavy atom. The van der Waals surface area contributed by atoms with E-state index >= 15 is 0 Å². The number of carbonyl (C=O) groups excluding carboxylic acids is 4. The molecule has 37 heavy (non-hydrogen) atoms. The number of rotatable bonds is 16. The lowest BCUT2D eigenvalue weighted by atomic mass is 10.0. The summed E-state index contributed by atoms with van der Waals surface area (Å²) in [6.07, 6.45) is 2.98. The van der Waals surface area contributed by atoms with Crippen LogP contribution in [0.3, 0.4) is 0 Å². The highest BCUT2D eigenvalue weighted by Crippen LogP contribution is 2.31. The van der Waals surface area contributed by atoms with Crippen molar-refractivity contribution in [2.75, 3.05) is 13.7 Å². The van der Waals surface area contributed by atoms with Crippen LogP contribution < -0.4 is 14.8 Å². The lowest BCUT2D eigenvalue weighted by Gasteiger charge is -2.21. The fourth-order valence-electron chi connectivity index (χ4n) is 3.17. The maximum Gasteiger partial charge on any atom is 0.323 e. The summed E-state index contributed by atoms with van der Waals surface area (Å²) in [5.74, 6) is -2.04. The van der Waals surface area contributed by atoms with E-state index < -0.39 is 30.1 Å². The molecule has 3 unspecified atom stereocenters. The number of hydrogen-bond donors (Lipinski definition) is 1. The van der Waals surface area contributed by atoms with Gasteiger partial charge in [-0.25, -0.2) is 0 Å². The predicted molar refractivity (Wildman–Crippen MR) is 139 cm³/mol. The Hall–Kier alpha value is -2.94. The molecule has 9 nitrogen and oxygen atoms in total. The summed E-state index contributed by atoms with van der Waals surface area (Å²) in [6.45, 7) is 11.3. The highest BCUT2D eigenvalue weighted by Gasteiger charge is 2.24. The Balaban J connectivity index is 3.07. The topological polar surface area (TPSA) is 117 Å². The minimum Gasteiger partial charge on any atom is -0.468 e. The average Bonchev–Trinajstić information content (AvgIpc) is 2.89. The van der Waals surface area contributed by atoms with Crippen molar-refractivity contribution in [2.45, 2.75) is 92.2 Å². The molecular weight excluding hydrogens is 478 g/mol. The smallest absolute Gasteiger partial charge is 0.323 e. The molecule has 0 saturated carbocycles. The molecule has 0 aromatic heterocycles. The number of esters is 4. The first-order valence-corrected chi connectivity index (χ1v) is 13.1. The van der Waals surface area contributed by atoms with Gasteiger partial charge in [0.05, 0.1) is 18.9 Å². The zero-order valence-corrected chi connectivity index (χ0v) is 23.3. The summed E-state index contributed by atoms with van der Waals surface area (Å²) in [5, 5.41) is 3.09. The van der Waals surface area contributed by atoms with Crippen LogP contribution in [-0.4, -0.2) is 49.7 Å². The highest BCUT2D eigenvalue weighted by atomic mass is 16.6. The molecule has 0 aliphatic carbocycles. The number of nitrogens with one attached hydrogen (secondary N) is 1. The van der Waals surface area contributed by atoms with Gasteiger partial charge in [0.1, 0.15) is 12.1 Å². The van der Waals surface area contributed by atoms with Gasteiger partial charge in [-0.2, -0.15) is 0 Å². The van der Waals surface area contributed by atoms with Crippen LogP contribution in [0.4, 0.5) is 0 Å². The lowest BCUT2D eigenvalue weighted by molar-refractivity contribution is -0.148. The monoisotopic (exact) mass is 521 g/mol. The number of unbranched alkanes of at least 4 members (excludes halogenated alkanes) is 1. The fourth-order valence-corrected chi connectivity index (χ4v) is 3.17. The quantitative estimate of drug-likeness (QED) is 0.250. The largest absolute Gasteiger partial charge is 0.468 e. The average molecular weight is 522 g/mol. The van der Waals surface area contributed by atoms with Crippen molar-refractivity contribution in [1.82, 2.24) is 5.32 Å². The van der Waals surface area contributed by atoms with Gasteiger partial charge in [-0.15, -0.1) is 0 Å². The van der Waals surface area contributed by atoms with E-state index in [1.807, 2.05) is 20.8 Å². The Morgan fingerprint density at radius 1 is 0.865 bits per heavy atom. The number of carbonyl (C=O) groups is 4. The Labute approximate surface area is 220 Å². The predicted octanol–water partition coefficient (Wildman–Crippen LogP) is 4.39. The van der Waals surface area contributed by atoms with Crippen LogP contribution in [0.25, 0.3) is 0 Å². The minimum atomic E-state index is -0.742. The third-order valence-electron chi connectivity index (χ3n) is 6.10. The van der Waals surface area contributed by atoms with Crippen molar-refractivity contribution in [3.63, 3.8) is 0 Å². The minimum absolute atomic E-state index is 0.112. The molecule has 9 heteroatoms. The maximum absolute atomic E-state index is 12.5. The highest BCUT2D eigenvalue weighted by molar-refractivity contribution is 5.79. The van der Waals surface area contributed by atoms with E-state index in [1.165, 1.54) is 7.11 Å². The van der Waals surface area contributed by atoms with E-state index in [9.17, 15) is 19.2 Å². The summed E-state index contributed by atoms with van der Waals surface area (Å²) >= 11 is 0. The van der Waals surface area contributed by atoms with Gasteiger partial charge < -0.3 is 24.3 Å². The number of methoxy groups -OCH3 is 1. The number of benzene rings is 1. The molecule has 0 aliphatic rings. The van der Waals surface area contributed by atoms with Crippen LogP contribution in [0.1, 0.15) is 79.2 Å². The normalized spacial score (nSPS) is 14.1. The standard InChI is InChI=1S/C28H43NO8/c1-8-11-12-25(30)35-20(6)17-29-22(28(33)34-7)15-21-13-14-23(36-26(31)18(4)9-2)24(16-21)37-27(32)19(5)10-3/h13-14,16,18-20,22,29H,8-12,15,17H2,1-7H3/t18?,19?,20?,22-/m0/s1. The number of hydrogen-bond acceptors (Lipinski definition) is 9. The fraction of sp³-hybridized carbons (Fsp3) is 0.643. The Bertz CT molecular complexity index is 900. The van der Waals surface area contributed by atoms with Gasteiger partial charge in [-0.05, 0) is 50.3 Å². The van der Waals surface area contributed by atoms with Crippen molar-refractivity contribution < 1.29 is 38.1 Å². The van der Waals surface area contributed by atoms with Crippen LogP contribution in [0.15, 0.2) is 18.2 Å². The van der Waals surface area contributed by atoms with E-state index in [0.29, 0.717) is 24.8 Å². The third kappa shape index (κ3) is 11.3. The van der Waals surface area contributed by atoms with Gasteiger partial charge in [0, 0.05) is 13.0 Å². The second kappa shape index (κ2) is 16.7. The molecule has 0 saturated heterocycles. The maximum atomic E-state index is 12.5. The Kier molecular flexibility index (Phi) is 14.5. The molecule has 0 heterocycles. The molecule has 1 N–H and O–H groups in total. The molecule has 4 atom stereocenters. The molecule has 1 aromatic carbocycles. The SMILES string of the molecule is CCCCC(=O)OC(C)CN[C@@H](Cc1ccc(OC(=O)C(C)CC)c(OC(=O)C(C)CC)c1)C(=O)OC. The van der Waals surface area contributed by atoms with Crippen molar-refractivity contribution in [3.8, 4) is 11.5 Å². The number of ether oxygens (including phenoxy) is 4. The van der Waals surface area contributed by atoms with Gasteiger partial charge >= 0.3 is 23.9 Å². The molecule has 1 rings (SSSR count). The first-order chi connectivity index (χ1) is 17.6. The van der Waals surface area contributed by atoms with E-state index in [2.05, 4.69) is 5.32 Å². The van der Waals surface area contributed by atoms with E-state index in [1.54, 1.807) is 39.0 Å². The van der Waals surface area contributed by atoms with Gasteiger partial charge in [-0.3, -0.25) is 19.2 Å². The lowest BCUT2D eigenvalue weighted by Crippen LogP contribution is -2.43. The van der Waals surface area contributed by atoms with Crippen LogP contribution in [0, 0.1) is 11.8 Å². The summed E-state index contributed by atoms with van der Waals surface area (Å²) in [6, 6.07) is 4.10. The zero-order valence-electron chi connectivity index (χ0n) is 23.3. The molecule has 1 aromatic rings. The zero-order chi connectivity index (χ0) is 28.0. The van der Waals surface area contributed by atoms with Crippen molar-refractivity contribution in [2.24, 2.45) is 11.8 Å². The molecule has 0 radical (unpaired) electrons. The molecule has 208 valence electrons. The molecule has 0 bridgehead atoms. The van der Waals surface area contributed by atoms with Crippen molar-refractivity contribution in [1.29, 1.82) is 0 Å². The molecule has 0 aliphatic heterocycles. The van der Waals surface area contributed by atoms with Crippen LogP contribution in [0.2, 0.25) is 0 Å². The molecule has 0 amide bonds. The molecular formula is C28H43NO8.